The number of hydrazine groups is 1. The van der Waals surface area contributed by atoms with Crippen LogP contribution in [0.25, 0.3) is 16.9 Å². The van der Waals surface area contributed by atoms with Gasteiger partial charge in [-0.3, -0.25) is 19.7 Å². The van der Waals surface area contributed by atoms with Gasteiger partial charge < -0.3 is 35.1 Å². The molecule has 0 radical (unpaired) electrons. The molecule has 21 heteroatoms. The molecule has 0 saturated carbocycles. The van der Waals surface area contributed by atoms with E-state index in [2.05, 4.69) is 41.5 Å². The second-order valence-electron chi connectivity index (χ2n) is 18.3. The largest absolute Gasteiger partial charge is 0.444 e. The highest BCUT2D eigenvalue weighted by molar-refractivity contribution is 5.96. The number of hydrogen-bond acceptors (Lipinski definition) is 12. The lowest BCUT2D eigenvalue weighted by atomic mass is 10.0. The summed E-state index contributed by atoms with van der Waals surface area (Å²) in [5, 5.41) is 16.2. The number of benzene rings is 1. The predicted molar refractivity (Wildman–Crippen MR) is 238 cm³/mol. The first-order valence-corrected chi connectivity index (χ1v) is 21.6. The van der Waals surface area contributed by atoms with Crippen LogP contribution < -0.4 is 21.4 Å². The first-order valence-electron chi connectivity index (χ1n) is 21.6. The summed E-state index contributed by atoms with van der Waals surface area (Å²) >= 11 is 0. The molecular weight excluding hydrogens is 852 g/mol. The zero-order valence-electron chi connectivity index (χ0n) is 39.0. The van der Waals surface area contributed by atoms with E-state index < -0.39 is 47.0 Å². The van der Waals surface area contributed by atoms with Gasteiger partial charge in [-0.2, -0.15) is 18.3 Å². The summed E-state index contributed by atoms with van der Waals surface area (Å²) in [6.45, 7) is 20.0. The van der Waals surface area contributed by atoms with Crippen molar-refractivity contribution in [1.29, 1.82) is 0 Å². The molecule has 4 aromatic rings. The average molecular weight is 916 g/mol. The molecule has 1 aromatic carbocycles. The van der Waals surface area contributed by atoms with E-state index in [9.17, 15) is 32.3 Å². The number of nitrogens with one attached hydrogen (secondary N) is 5. The van der Waals surface area contributed by atoms with Crippen molar-refractivity contribution in [2.24, 2.45) is 0 Å². The van der Waals surface area contributed by atoms with Crippen LogP contribution >= 0.6 is 0 Å². The number of alkyl halides is 3. The van der Waals surface area contributed by atoms with Crippen LogP contribution in [0.1, 0.15) is 117 Å². The summed E-state index contributed by atoms with van der Waals surface area (Å²) in [6, 6.07) is 5.20. The van der Waals surface area contributed by atoms with Gasteiger partial charge in [0, 0.05) is 69.1 Å². The number of anilines is 2. The van der Waals surface area contributed by atoms with Crippen LogP contribution in [0.5, 0.6) is 0 Å². The lowest BCUT2D eigenvalue weighted by Crippen LogP contribution is -2.46. The molecule has 3 aromatic heterocycles. The van der Waals surface area contributed by atoms with Gasteiger partial charge in [0.15, 0.2) is 17.2 Å². The number of aromatic amines is 1. The van der Waals surface area contributed by atoms with Gasteiger partial charge in [-0.25, -0.2) is 29.4 Å². The minimum absolute atomic E-state index is 0.156. The van der Waals surface area contributed by atoms with Crippen LogP contribution in [-0.2, 0) is 26.8 Å². The molecule has 358 valence electrons. The van der Waals surface area contributed by atoms with Gasteiger partial charge in [-0.1, -0.05) is 6.92 Å². The van der Waals surface area contributed by atoms with Crippen molar-refractivity contribution in [2.45, 2.75) is 124 Å². The molecule has 0 aliphatic rings. The zero-order valence-corrected chi connectivity index (χ0v) is 39.0. The molecule has 4 amide bonds. The number of amides is 4. The number of unbranched alkanes of at least 4 members (excludes halogenated alkanes) is 1. The number of fused-ring (bicyclic) bond motifs is 1. The van der Waals surface area contributed by atoms with Crippen LogP contribution in [0.2, 0.25) is 0 Å². The van der Waals surface area contributed by atoms with Gasteiger partial charge in [-0.15, -0.1) is 0 Å². The number of carbonyl (C=O) groups excluding carboxylic acids is 4. The second-order valence-corrected chi connectivity index (χ2v) is 18.3. The highest BCUT2D eigenvalue weighted by Crippen LogP contribution is 2.36. The maximum atomic E-state index is 13.6. The van der Waals surface area contributed by atoms with E-state index in [0.29, 0.717) is 88.4 Å². The van der Waals surface area contributed by atoms with Gasteiger partial charge in [0.2, 0.25) is 0 Å². The Labute approximate surface area is 377 Å². The van der Waals surface area contributed by atoms with Gasteiger partial charge in [0.05, 0.1) is 17.5 Å². The second kappa shape index (κ2) is 22.2. The Bertz CT molecular complexity index is 2220. The molecule has 4 rings (SSSR count). The van der Waals surface area contributed by atoms with Crippen LogP contribution in [0.15, 0.2) is 43.0 Å². The quantitative estimate of drug-likeness (QED) is 0.0342. The van der Waals surface area contributed by atoms with Crippen LogP contribution in [0.4, 0.5) is 39.1 Å². The molecule has 0 unspecified atom stereocenters. The third-order valence-corrected chi connectivity index (χ3v) is 9.18. The Morgan fingerprint density at radius 3 is 2.06 bits per heavy atom. The van der Waals surface area contributed by atoms with Crippen molar-refractivity contribution in [1.82, 2.24) is 50.5 Å². The average Bonchev–Trinajstić information content (AvgIpc) is 3.85. The van der Waals surface area contributed by atoms with Crippen molar-refractivity contribution >= 4 is 41.3 Å². The molecule has 0 atom stereocenters. The maximum absolute atomic E-state index is 13.6. The van der Waals surface area contributed by atoms with Gasteiger partial charge in [0.1, 0.15) is 16.8 Å². The normalized spacial score (nSPS) is 12.2. The number of aryl methyl sites for hydroxylation is 1. The number of carbonyl (C=O) groups is 4. The lowest BCUT2D eigenvalue weighted by Gasteiger charge is -2.28. The van der Waals surface area contributed by atoms with Crippen LogP contribution in [0.3, 0.4) is 0 Å². The lowest BCUT2D eigenvalue weighted by molar-refractivity contribution is -0.140. The molecule has 0 saturated heterocycles. The number of nitrogens with zero attached hydrogens (tertiary/aromatic N) is 6. The Morgan fingerprint density at radius 2 is 1.40 bits per heavy atom. The smallest absolute Gasteiger partial charge is 0.435 e. The third kappa shape index (κ3) is 16.7. The van der Waals surface area contributed by atoms with Crippen molar-refractivity contribution in [3.63, 3.8) is 0 Å². The molecule has 18 nitrogen and oxygen atoms in total. The molecule has 0 aliphatic heterocycles. The van der Waals surface area contributed by atoms with E-state index in [4.69, 9.17) is 14.2 Å². The van der Waals surface area contributed by atoms with Crippen molar-refractivity contribution in [2.75, 3.05) is 44.6 Å². The summed E-state index contributed by atoms with van der Waals surface area (Å²) in [4.78, 5) is 61.7. The number of alkyl carbamates (subject to hydrolysis) is 1. The SMILES string of the molecule is CCc1cc(Nc2nccn3c(-c4c[nH]nc4C(F)(F)F)cnc23)ccc1C(=O)NCCCN(CCCCN(CCCNC(=O)OC(C)(C)C)C(=O)OC(C)(C)C)NC(=O)OC(C)(C)C. The minimum atomic E-state index is -4.67. The summed E-state index contributed by atoms with van der Waals surface area (Å²) in [5.41, 5.74) is 1.81. The number of rotatable bonds is 19. The van der Waals surface area contributed by atoms with E-state index in [0.717, 1.165) is 5.56 Å². The molecule has 0 spiro atoms. The molecular formula is C44H64F3N11O7. The Hall–Kier alpha value is -6.12. The van der Waals surface area contributed by atoms with Crippen molar-refractivity contribution in [3.8, 4) is 11.3 Å². The van der Waals surface area contributed by atoms with E-state index >= 15 is 0 Å². The predicted octanol–water partition coefficient (Wildman–Crippen LogP) is 8.24. The monoisotopic (exact) mass is 915 g/mol. The molecule has 0 bridgehead atoms. The number of hydrogen-bond donors (Lipinski definition) is 5. The minimum Gasteiger partial charge on any atom is -0.444 e. The Kier molecular flexibility index (Phi) is 17.6. The maximum Gasteiger partial charge on any atom is 0.435 e. The molecule has 65 heavy (non-hydrogen) atoms. The Morgan fingerprint density at radius 1 is 0.785 bits per heavy atom. The van der Waals surface area contributed by atoms with E-state index in [1.807, 2.05) is 6.92 Å². The van der Waals surface area contributed by atoms with Crippen molar-refractivity contribution < 1.29 is 46.6 Å². The standard InChI is InChI=1S/C44H64F3N11O7/c1-11-29-26-30(53-35-36-51-28-33(58(36)25-20-48-35)32-27-52-54-34(32)44(45,46)47)16-17-31(29)37(59)49-18-15-24-57(55-39(61)64-42(5,6)7)23-13-12-21-56(40(62)65-43(8,9)10)22-14-19-50-38(60)63-41(2,3)4/h16-17,20,25-28H,11-15,18-19,21-24H2,1-10H3,(H,48,53)(H,49,59)(H,50,60)(H,52,54)(H,55,61). The fourth-order valence-electron chi connectivity index (χ4n) is 6.45. The summed E-state index contributed by atoms with van der Waals surface area (Å²) in [5.74, 6) is 0.00643. The number of imidazole rings is 1. The van der Waals surface area contributed by atoms with E-state index in [-0.39, 0.29) is 22.8 Å². The summed E-state index contributed by atoms with van der Waals surface area (Å²) in [6.07, 6.45) is 1.80. The number of ether oxygens (including phenoxy) is 3. The fourth-order valence-corrected chi connectivity index (χ4v) is 6.45. The number of H-pyrrole nitrogens is 1. The van der Waals surface area contributed by atoms with Crippen molar-refractivity contribution in [3.05, 3.63) is 59.8 Å². The van der Waals surface area contributed by atoms with Gasteiger partial charge >= 0.3 is 24.5 Å². The first kappa shape index (κ1) is 51.5. The summed E-state index contributed by atoms with van der Waals surface area (Å²) in [7, 11) is 0. The third-order valence-electron chi connectivity index (χ3n) is 9.18. The summed E-state index contributed by atoms with van der Waals surface area (Å²) < 4.78 is 58.7. The highest BCUT2D eigenvalue weighted by Gasteiger charge is 2.37. The fraction of sp³-hybridized carbons (Fsp3) is 0.568. The Balaban J connectivity index is 1.34. The highest BCUT2D eigenvalue weighted by atomic mass is 19.4. The van der Waals surface area contributed by atoms with E-state index in [1.54, 1.807) is 90.4 Å². The molecule has 5 N–H and O–H groups in total. The van der Waals surface area contributed by atoms with Gasteiger partial charge in [0.25, 0.3) is 5.91 Å². The molecule has 0 aliphatic carbocycles. The number of halogens is 3. The molecule has 0 fully saturated rings. The van der Waals surface area contributed by atoms with Gasteiger partial charge in [-0.05, 0) is 118 Å². The van der Waals surface area contributed by atoms with E-state index in [1.165, 1.54) is 29.2 Å². The van der Waals surface area contributed by atoms with Crippen LogP contribution in [-0.4, -0.2) is 115 Å². The topological polar surface area (TPSA) is 209 Å². The zero-order chi connectivity index (χ0) is 48.2. The molecule has 3 heterocycles. The number of aromatic nitrogens is 5. The first-order chi connectivity index (χ1) is 30.3. The van der Waals surface area contributed by atoms with Crippen LogP contribution in [0, 0.1) is 0 Å².